The Labute approximate surface area is 215 Å². The highest BCUT2D eigenvalue weighted by molar-refractivity contribution is 8.18. The number of benzene rings is 3. The molecule has 1 aliphatic rings. The van der Waals surface area contributed by atoms with Gasteiger partial charge in [-0.05, 0) is 82.8 Å². The van der Waals surface area contributed by atoms with Crippen LogP contribution in [0.3, 0.4) is 0 Å². The van der Waals surface area contributed by atoms with Gasteiger partial charge in [0.1, 0.15) is 5.75 Å². The number of ether oxygens (including phenoxy) is 1. The lowest BCUT2D eigenvalue weighted by atomic mass is 9.96. The Morgan fingerprint density at radius 2 is 1.81 bits per heavy atom. The molecule has 1 amide bonds. The van der Waals surface area contributed by atoms with Gasteiger partial charge >= 0.3 is 0 Å². The second-order valence-corrected chi connectivity index (χ2v) is 9.83. The van der Waals surface area contributed by atoms with Gasteiger partial charge in [-0.3, -0.25) is 9.69 Å². The Hall–Kier alpha value is -3.84. The molecule has 0 unspecified atom stereocenters. The molecule has 0 aliphatic carbocycles. The summed E-state index contributed by atoms with van der Waals surface area (Å²) in [6.07, 6.45) is 1.91. The number of carbonyl (C=O) groups excluding carboxylic acids is 2. The summed E-state index contributed by atoms with van der Waals surface area (Å²) in [5.74, 6) is -0.287. The molecule has 1 aliphatic heterocycles. The molecule has 4 rings (SSSR count). The van der Waals surface area contributed by atoms with Crippen molar-refractivity contribution in [2.75, 3.05) is 7.11 Å². The molecule has 0 atom stereocenters. The fourth-order valence-electron chi connectivity index (χ4n) is 3.91. The summed E-state index contributed by atoms with van der Waals surface area (Å²) in [5, 5.41) is 11.7. The van der Waals surface area contributed by atoms with Crippen LogP contribution in [0.2, 0.25) is 0 Å². The van der Waals surface area contributed by atoms with Gasteiger partial charge in [0.15, 0.2) is 5.17 Å². The molecule has 3 aromatic carbocycles. The molecular weight excluding hydrogens is 472 g/mol. The second-order valence-electron chi connectivity index (χ2n) is 8.82. The summed E-state index contributed by atoms with van der Waals surface area (Å²) < 4.78 is 5.56. The van der Waals surface area contributed by atoms with Crippen molar-refractivity contribution in [3.05, 3.63) is 99.5 Å². The van der Waals surface area contributed by atoms with E-state index >= 15 is 0 Å². The Kier molecular flexibility index (Phi) is 7.60. The third-order valence-electron chi connectivity index (χ3n) is 5.93. The molecule has 3 aromatic rings. The number of methoxy groups -OCH3 is 1. The van der Waals surface area contributed by atoms with Crippen molar-refractivity contribution in [3.63, 3.8) is 0 Å². The minimum atomic E-state index is -1.23. The minimum absolute atomic E-state index is 0.0931. The molecule has 184 valence electrons. The number of aromatic carboxylic acids is 1. The van der Waals surface area contributed by atoms with E-state index in [1.807, 2.05) is 49.4 Å². The number of amidine groups is 1. The van der Waals surface area contributed by atoms with Crippen LogP contribution >= 0.6 is 11.8 Å². The van der Waals surface area contributed by atoms with Crippen LogP contribution in [-0.2, 0) is 11.3 Å². The zero-order valence-electron chi connectivity index (χ0n) is 20.6. The maximum Gasteiger partial charge on any atom is 0.267 e. The van der Waals surface area contributed by atoms with Gasteiger partial charge in [0.25, 0.3) is 5.91 Å². The van der Waals surface area contributed by atoms with E-state index in [0.29, 0.717) is 10.1 Å². The lowest BCUT2D eigenvalue weighted by molar-refractivity contribution is -0.255. The highest BCUT2D eigenvalue weighted by Gasteiger charge is 2.33. The van der Waals surface area contributed by atoms with Gasteiger partial charge in [-0.15, -0.1) is 0 Å². The van der Waals surface area contributed by atoms with E-state index in [-0.39, 0.29) is 23.9 Å². The molecule has 0 aromatic heterocycles. The first kappa shape index (κ1) is 25.3. The molecule has 0 radical (unpaired) electrons. The molecule has 0 spiro atoms. The van der Waals surface area contributed by atoms with Gasteiger partial charge < -0.3 is 14.6 Å². The Morgan fingerprint density at radius 1 is 1.11 bits per heavy atom. The lowest BCUT2D eigenvalue weighted by Gasteiger charge is -2.16. The predicted octanol–water partition coefficient (Wildman–Crippen LogP) is 5.29. The number of carbonyl (C=O) groups is 2. The van der Waals surface area contributed by atoms with E-state index in [0.717, 1.165) is 33.7 Å². The molecule has 1 saturated heterocycles. The number of amides is 1. The lowest BCUT2D eigenvalue weighted by Crippen LogP contribution is -2.28. The van der Waals surface area contributed by atoms with Crippen molar-refractivity contribution in [1.29, 1.82) is 0 Å². The van der Waals surface area contributed by atoms with Crippen LogP contribution in [-0.4, -0.2) is 29.1 Å². The monoisotopic (exact) mass is 499 g/mol. The fourth-order valence-corrected chi connectivity index (χ4v) is 4.90. The maximum atomic E-state index is 13.6. The van der Waals surface area contributed by atoms with Crippen LogP contribution < -0.4 is 9.84 Å². The normalized spacial score (nSPS) is 15.8. The predicted molar refractivity (Wildman–Crippen MR) is 142 cm³/mol. The van der Waals surface area contributed by atoms with Gasteiger partial charge in [0.2, 0.25) is 0 Å². The summed E-state index contributed by atoms with van der Waals surface area (Å²) in [7, 11) is 1.67. The van der Waals surface area contributed by atoms with Crippen LogP contribution in [0.5, 0.6) is 5.75 Å². The number of para-hydroxylation sites is 1. The van der Waals surface area contributed by atoms with Gasteiger partial charge in [0.05, 0.1) is 30.2 Å². The first-order chi connectivity index (χ1) is 17.3. The van der Waals surface area contributed by atoms with Crippen molar-refractivity contribution >= 4 is 40.6 Å². The van der Waals surface area contributed by atoms with Gasteiger partial charge in [-0.25, -0.2) is 4.99 Å². The Balaban J connectivity index is 1.72. The Morgan fingerprint density at radius 3 is 2.42 bits per heavy atom. The third kappa shape index (κ3) is 5.52. The number of rotatable bonds is 7. The van der Waals surface area contributed by atoms with Crippen molar-refractivity contribution in [3.8, 4) is 5.75 Å². The quantitative estimate of drug-likeness (QED) is 0.412. The van der Waals surface area contributed by atoms with Crippen LogP contribution in [0.25, 0.3) is 6.08 Å². The van der Waals surface area contributed by atoms with E-state index < -0.39 is 5.97 Å². The zero-order chi connectivity index (χ0) is 25.8. The van der Waals surface area contributed by atoms with Crippen molar-refractivity contribution in [2.45, 2.75) is 33.2 Å². The molecule has 1 heterocycles. The Bertz CT molecular complexity index is 1350. The molecule has 0 saturated carbocycles. The summed E-state index contributed by atoms with van der Waals surface area (Å²) >= 11 is 1.33. The van der Waals surface area contributed by atoms with E-state index in [1.54, 1.807) is 24.1 Å². The number of carboxylic acid groups (broad SMARTS) is 1. The number of carboxylic acids is 1. The third-order valence-corrected chi connectivity index (χ3v) is 6.93. The summed E-state index contributed by atoms with van der Waals surface area (Å²) in [4.78, 5) is 31.6. The van der Waals surface area contributed by atoms with Crippen LogP contribution in [0, 0.1) is 6.92 Å². The van der Waals surface area contributed by atoms with Gasteiger partial charge in [-0.1, -0.05) is 56.3 Å². The van der Waals surface area contributed by atoms with E-state index in [2.05, 4.69) is 19.9 Å². The van der Waals surface area contributed by atoms with Crippen molar-refractivity contribution in [1.82, 2.24) is 4.90 Å². The summed E-state index contributed by atoms with van der Waals surface area (Å²) in [6.45, 7) is 6.48. The van der Waals surface area contributed by atoms with E-state index in [9.17, 15) is 14.7 Å². The molecule has 6 nitrogen and oxygen atoms in total. The first-order valence-electron chi connectivity index (χ1n) is 11.6. The molecular formula is C29H27N2O4S-. The average molecular weight is 500 g/mol. The summed E-state index contributed by atoms with van der Waals surface area (Å²) in [6, 6.07) is 19.9. The second kappa shape index (κ2) is 10.8. The zero-order valence-corrected chi connectivity index (χ0v) is 21.5. The topological polar surface area (TPSA) is 82.0 Å². The SMILES string of the molecule is COc1cc(C)c(/C=C2\SC(=Nc3ccccc3)N(Cc3ccc(C(=O)[O-])cc3)C2=O)cc1C(C)C. The number of thioether (sulfide) groups is 1. The number of aliphatic imine (C=N–C) groups is 1. The smallest absolute Gasteiger partial charge is 0.267 e. The maximum absolute atomic E-state index is 13.6. The first-order valence-corrected chi connectivity index (χ1v) is 12.4. The van der Waals surface area contributed by atoms with Crippen LogP contribution in [0.4, 0.5) is 5.69 Å². The number of nitrogens with zero attached hydrogens (tertiary/aromatic N) is 2. The number of aryl methyl sites for hydroxylation is 1. The van der Waals surface area contributed by atoms with Crippen molar-refractivity contribution in [2.24, 2.45) is 4.99 Å². The standard InChI is InChI=1S/C29H28N2O4S/c1-18(2)24-15-22(19(3)14-25(24)35-4)16-26-27(32)31(17-20-10-12-21(13-11-20)28(33)34)29(36-26)30-23-8-6-5-7-9-23/h5-16,18H,17H2,1-4H3,(H,33,34)/p-1/b26-16-,30-29?. The molecule has 36 heavy (non-hydrogen) atoms. The number of hydrogen-bond donors (Lipinski definition) is 0. The van der Waals surface area contributed by atoms with E-state index in [1.165, 1.54) is 23.9 Å². The largest absolute Gasteiger partial charge is 0.545 e. The van der Waals surface area contributed by atoms with E-state index in [4.69, 9.17) is 9.73 Å². The fraction of sp³-hybridized carbons (Fsp3) is 0.207. The highest BCUT2D eigenvalue weighted by Crippen LogP contribution is 2.37. The molecule has 1 fully saturated rings. The number of hydrogen-bond acceptors (Lipinski definition) is 6. The van der Waals surface area contributed by atoms with Crippen molar-refractivity contribution < 1.29 is 19.4 Å². The molecule has 7 heteroatoms. The average Bonchev–Trinajstić information content (AvgIpc) is 3.14. The van der Waals surface area contributed by atoms with Crippen LogP contribution in [0.15, 0.2) is 76.6 Å². The minimum Gasteiger partial charge on any atom is -0.545 e. The molecule has 0 bridgehead atoms. The van der Waals surface area contributed by atoms with Crippen LogP contribution in [0.1, 0.15) is 52.4 Å². The van der Waals surface area contributed by atoms with Gasteiger partial charge in [0, 0.05) is 0 Å². The van der Waals surface area contributed by atoms with Gasteiger partial charge in [-0.2, -0.15) is 0 Å². The molecule has 0 N–H and O–H groups in total. The summed E-state index contributed by atoms with van der Waals surface area (Å²) in [5.41, 5.74) is 4.67. The highest BCUT2D eigenvalue weighted by atomic mass is 32.2.